The number of nitrogens with zero attached hydrogens (tertiary/aromatic N) is 3. The normalized spacial score (nSPS) is 16.3. The van der Waals surface area contributed by atoms with E-state index in [2.05, 4.69) is 10.3 Å². The van der Waals surface area contributed by atoms with Crippen molar-refractivity contribution < 1.29 is 18.3 Å². The van der Waals surface area contributed by atoms with Crippen molar-refractivity contribution in [2.45, 2.75) is 19.0 Å². The summed E-state index contributed by atoms with van der Waals surface area (Å²) in [4.78, 5) is 17.9. The zero-order valence-corrected chi connectivity index (χ0v) is 14.8. The van der Waals surface area contributed by atoms with Crippen molar-refractivity contribution in [3.63, 3.8) is 0 Å². The van der Waals surface area contributed by atoms with Gasteiger partial charge in [0.2, 0.25) is 5.88 Å². The molecule has 1 unspecified atom stereocenters. The molecule has 1 aliphatic heterocycles. The van der Waals surface area contributed by atoms with Crippen molar-refractivity contribution in [1.82, 2.24) is 9.88 Å². The number of halogens is 3. The summed E-state index contributed by atoms with van der Waals surface area (Å²) in [5.74, 6) is 0.369. The maximum Gasteiger partial charge on any atom is 0.322 e. The van der Waals surface area contributed by atoms with Gasteiger partial charge in [0.05, 0.1) is 22.8 Å². The maximum atomic E-state index is 12.9. The Hall–Kier alpha value is -2.92. The summed E-state index contributed by atoms with van der Waals surface area (Å²) in [5, 5.41) is 11.2. The molecule has 1 atom stereocenters. The molecule has 0 saturated carbocycles. The van der Waals surface area contributed by atoms with Crippen LogP contribution in [0.4, 0.5) is 19.3 Å². The molecule has 140 valence electrons. The van der Waals surface area contributed by atoms with Crippen molar-refractivity contribution in [3.05, 3.63) is 52.7 Å². The molecule has 1 aromatic heterocycles. The highest BCUT2D eigenvalue weighted by atomic mass is 35.5. The number of carbonyl (C=O) groups is 1. The Labute approximate surface area is 159 Å². The minimum atomic E-state index is -2.72. The van der Waals surface area contributed by atoms with Crippen LogP contribution in [0.2, 0.25) is 5.02 Å². The first-order valence-corrected chi connectivity index (χ1v) is 8.51. The number of hydrogen-bond acceptors (Lipinski definition) is 4. The molecular formula is C18H15ClF2N4O2. The SMILES string of the molecule is N#Cc1ccc(OC2CCN(C(=O)Nc3cccc(C(F)F)c3Cl)C2)nc1. The molecule has 1 saturated heterocycles. The monoisotopic (exact) mass is 392 g/mol. The Kier molecular flexibility index (Phi) is 5.72. The van der Waals surface area contributed by atoms with Gasteiger partial charge in [-0.2, -0.15) is 5.26 Å². The Morgan fingerprint density at radius 1 is 1.41 bits per heavy atom. The highest BCUT2D eigenvalue weighted by Crippen LogP contribution is 2.33. The molecule has 9 heteroatoms. The predicted octanol–water partition coefficient (Wildman–Crippen LogP) is 4.23. The van der Waals surface area contributed by atoms with Crippen LogP contribution in [0.3, 0.4) is 0 Å². The number of ether oxygens (including phenoxy) is 1. The van der Waals surface area contributed by atoms with E-state index in [-0.39, 0.29) is 22.4 Å². The second-order valence-electron chi connectivity index (χ2n) is 5.91. The number of benzene rings is 1. The van der Waals surface area contributed by atoms with Gasteiger partial charge >= 0.3 is 6.03 Å². The number of amides is 2. The van der Waals surface area contributed by atoms with Gasteiger partial charge in [0.15, 0.2) is 0 Å². The van der Waals surface area contributed by atoms with Gasteiger partial charge < -0.3 is 15.0 Å². The topological polar surface area (TPSA) is 78.2 Å². The Bertz CT molecular complexity index is 871. The highest BCUT2D eigenvalue weighted by Gasteiger charge is 2.28. The first kappa shape index (κ1) is 18.9. The minimum Gasteiger partial charge on any atom is -0.472 e. The van der Waals surface area contributed by atoms with Crippen molar-refractivity contribution >= 4 is 23.3 Å². The fourth-order valence-corrected chi connectivity index (χ4v) is 2.96. The number of alkyl halides is 2. The number of hydrogen-bond donors (Lipinski definition) is 1. The predicted molar refractivity (Wildman–Crippen MR) is 95.0 cm³/mol. The van der Waals surface area contributed by atoms with E-state index in [9.17, 15) is 13.6 Å². The van der Waals surface area contributed by atoms with E-state index in [1.54, 1.807) is 12.1 Å². The van der Waals surface area contributed by atoms with Crippen molar-refractivity contribution in [2.75, 3.05) is 18.4 Å². The summed E-state index contributed by atoms with van der Waals surface area (Å²) in [5.41, 5.74) is 0.235. The molecule has 1 fully saturated rings. The van der Waals surface area contributed by atoms with E-state index < -0.39 is 12.5 Å². The molecule has 2 heterocycles. The maximum absolute atomic E-state index is 12.9. The van der Waals surface area contributed by atoms with Crippen LogP contribution in [0.25, 0.3) is 0 Å². The number of nitrogens with one attached hydrogen (secondary N) is 1. The first-order valence-electron chi connectivity index (χ1n) is 8.13. The molecule has 1 N–H and O–H groups in total. The van der Waals surface area contributed by atoms with Gasteiger partial charge in [-0.1, -0.05) is 23.7 Å². The number of nitriles is 1. The molecule has 3 rings (SSSR count). The number of rotatable bonds is 4. The Morgan fingerprint density at radius 2 is 2.22 bits per heavy atom. The van der Waals surface area contributed by atoms with Crippen molar-refractivity contribution in [2.24, 2.45) is 0 Å². The Balaban J connectivity index is 1.59. The van der Waals surface area contributed by atoms with Crippen LogP contribution >= 0.6 is 11.6 Å². The average molecular weight is 393 g/mol. The van der Waals surface area contributed by atoms with Crippen molar-refractivity contribution in [1.29, 1.82) is 5.26 Å². The van der Waals surface area contributed by atoms with Crippen LogP contribution in [0, 0.1) is 11.3 Å². The number of carbonyl (C=O) groups excluding carboxylic acids is 1. The van der Waals surface area contributed by atoms with E-state index in [1.165, 1.54) is 29.3 Å². The third-order valence-electron chi connectivity index (χ3n) is 4.09. The summed E-state index contributed by atoms with van der Waals surface area (Å²) >= 11 is 5.95. The summed E-state index contributed by atoms with van der Waals surface area (Å²) in [6, 6.07) is 8.82. The molecule has 27 heavy (non-hydrogen) atoms. The van der Waals surface area contributed by atoms with E-state index >= 15 is 0 Å². The van der Waals surface area contributed by atoms with Gasteiger partial charge in [0.25, 0.3) is 6.43 Å². The lowest BCUT2D eigenvalue weighted by atomic mass is 10.2. The molecule has 2 amide bonds. The second-order valence-corrected chi connectivity index (χ2v) is 6.29. The largest absolute Gasteiger partial charge is 0.472 e. The molecule has 0 radical (unpaired) electrons. The standard InChI is InChI=1S/C18H15ClF2N4O2/c19-16-13(17(20)21)2-1-3-14(16)24-18(26)25-7-6-12(10-25)27-15-5-4-11(8-22)9-23-15/h1-5,9,12,17H,6-7,10H2,(H,24,26). The van der Waals surface area contributed by atoms with Gasteiger partial charge in [-0.3, -0.25) is 0 Å². The van der Waals surface area contributed by atoms with Gasteiger partial charge in [0, 0.05) is 30.8 Å². The summed E-state index contributed by atoms with van der Waals surface area (Å²) in [6.07, 6.45) is -0.968. The van der Waals surface area contributed by atoms with E-state index in [4.69, 9.17) is 21.6 Å². The fraction of sp³-hybridized carbons (Fsp3) is 0.278. The molecule has 0 bridgehead atoms. The molecular weight excluding hydrogens is 378 g/mol. The zero-order valence-electron chi connectivity index (χ0n) is 14.0. The third kappa shape index (κ3) is 4.44. The average Bonchev–Trinajstić information content (AvgIpc) is 3.12. The van der Waals surface area contributed by atoms with E-state index in [1.807, 2.05) is 6.07 Å². The quantitative estimate of drug-likeness (QED) is 0.844. The van der Waals surface area contributed by atoms with Gasteiger partial charge in [-0.05, 0) is 12.1 Å². The lowest BCUT2D eigenvalue weighted by molar-refractivity contribution is 0.151. The van der Waals surface area contributed by atoms with E-state index in [0.29, 0.717) is 31.0 Å². The van der Waals surface area contributed by atoms with Gasteiger partial charge in [-0.25, -0.2) is 18.6 Å². The lowest BCUT2D eigenvalue weighted by Crippen LogP contribution is -2.34. The van der Waals surface area contributed by atoms with Crippen LogP contribution in [0.5, 0.6) is 5.88 Å². The first-order chi connectivity index (χ1) is 13.0. The summed E-state index contributed by atoms with van der Waals surface area (Å²) in [6.45, 7) is 0.763. The van der Waals surface area contributed by atoms with Crippen LogP contribution in [-0.4, -0.2) is 35.1 Å². The number of aromatic nitrogens is 1. The fourth-order valence-electron chi connectivity index (χ4n) is 2.70. The third-order valence-corrected chi connectivity index (χ3v) is 4.51. The molecule has 2 aromatic rings. The molecule has 1 aliphatic rings. The van der Waals surface area contributed by atoms with Crippen LogP contribution < -0.4 is 10.1 Å². The summed E-state index contributed by atoms with van der Waals surface area (Å²) < 4.78 is 31.5. The number of anilines is 1. The molecule has 6 nitrogen and oxygen atoms in total. The molecule has 1 aromatic carbocycles. The highest BCUT2D eigenvalue weighted by molar-refractivity contribution is 6.34. The van der Waals surface area contributed by atoms with Crippen molar-refractivity contribution in [3.8, 4) is 11.9 Å². The number of likely N-dealkylation sites (tertiary alicyclic amines) is 1. The minimum absolute atomic E-state index is 0.137. The summed E-state index contributed by atoms with van der Waals surface area (Å²) in [7, 11) is 0. The van der Waals surface area contributed by atoms with Crippen LogP contribution in [0.1, 0.15) is 24.0 Å². The molecule has 0 spiro atoms. The van der Waals surface area contributed by atoms with Gasteiger partial charge in [-0.15, -0.1) is 0 Å². The lowest BCUT2D eigenvalue weighted by Gasteiger charge is -2.18. The van der Waals surface area contributed by atoms with Crippen LogP contribution in [-0.2, 0) is 0 Å². The number of urea groups is 1. The van der Waals surface area contributed by atoms with E-state index in [0.717, 1.165) is 0 Å². The van der Waals surface area contributed by atoms with Gasteiger partial charge in [0.1, 0.15) is 12.2 Å². The zero-order chi connectivity index (χ0) is 19.4. The van der Waals surface area contributed by atoms with Crippen LogP contribution in [0.15, 0.2) is 36.5 Å². The number of pyridine rings is 1. The smallest absolute Gasteiger partial charge is 0.322 e. The second kappa shape index (κ2) is 8.18. The Morgan fingerprint density at radius 3 is 2.89 bits per heavy atom. The molecule has 0 aliphatic carbocycles.